The molecule has 0 aliphatic carbocycles. The summed E-state index contributed by atoms with van der Waals surface area (Å²) in [4.78, 5) is 4.05. The van der Waals surface area contributed by atoms with E-state index >= 15 is 0 Å². The first-order valence-corrected chi connectivity index (χ1v) is 6.89. The average molecular weight is 294 g/mol. The zero-order chi connectivity index (χ0) is 15.2. The molecule has 5 heteroatoms. The zero-order valence-corrected chi connectivity index (χ0v) is 11.7. The summed E-state index contributed by atoms with van der Waals surface area (Å²) in [5.74, 6) is -1.70. The molecular formula is C16H17F3N2. The molecule has 0 aliphatic rings. The van der Waals surface area contributed by atoms with E-state index in [0.717, 1.165) is 12.5 Å². The van der Waals surface area contributed by atoms with E-state index in [1.807, 2.05) is 6.92 Å². The predicted octanol–water partition coefficient (Wildman–Crippen LogP) is 3.78. The van der Waals surface area contributed by atoms with Crippen molar-refractivity contribution in [1.82, 2.24) is 10.3 Å². The van der Waals surface area contributed by atoms with Crippen LogP contribution in [0.25, 0.3) is 0 Å². The lowest BCUT2D eigenvalue weighted by molar-refractivity contribution is 0.480. The number of aromatic nitrogens is 1. The van der Waals surface area contributed by atoms with Gasteiger partial charge in [0.1, 0.15) is 17.5 Å². The Morgan fingerprint density at radius 3 is 2.48 bits per heavy atom. The van der Waals surface area contributed by atoms with Gasteiger partial charge in [-0.15, -0.1) is 0 Å². The largest absolute Gasteiger partial charge is 0.308 e. The molecule has 21 heavy (non-hydrogen) atoms. The molecule has 0 bridgehead atoms. The van der Waals surface area contributed by atoms with Crippen molar-refractivity contribution in [1.29, 1.82) is 0 Å². The van der Waals surface area contributed by atoms with Gasteiger partial charge in [-0.05, 0) is 49.2 Å². The van der Waals surface area contributed by atoms with Crippen molar-refractivity contribution >= 4 is 0 Å². The predicted molar refractivity (Wildman–Crippen MR) is 75.3 cm³/mol. The fourth-order valence-electron chi connectivity index (χ4n) is 2.20. The Balaban J connectivity index is 2.26. The number of nitrogens with one attached hydrogen (secondary N) is 1. The van der Waals surface area contributed by atoms with Gasteiger partial charge in [-0.2, -0.15) is 0 Å². The number of hydrogen-bond acceptors (Lipinski definition) is 2. The Bertz CT molecular complexity index is 582. The van der Waals surface area contributed by atoms with Gasteiger partial charge in [0, 0.05) is 12.3 Å². The van der Waals surface area contributed by atoms with Crippen LogP contribution in [-0.4, -0.2) is 11.5 Å². The van der Waals surface area contributed by atoms with E-state index in [1.54, 1.807) is 0 Å². The Morgan fingerprint density at radius 2 is 1.86 bits per heavy atom. The molecule has 1 unspecified atom stereocenters. The smallest absolute Gasteiger partial charge is 0.146 e. The van der Waals surface area contributed by atoms with Crippen LogP contribution >= 0.6 is 0 Å². The van der Waals surface area contributed by atoms with Crippen molar-refractivity contribution in [2.45, 2.75) is 25.8 Å². The monoisotopic (exact) mass is 294 g/mol. The van der Waals surface area contributed by atoms with Gasteiger partial charge in [0.25, 0.3) is 0 Å². The van der Waals surface area contributed by atoms with Crippen LogP contribution in [0.1, 0.15) is 30.6 Å². The molecule has 1 aromatic heterocycles. The maximum absolute atomic E-state index is 13.9. The van der Waals surface area contributed by atoms with Crippen molar-refractivity contribution < 1.29 is 13.2 Å². The summed E-state index contributed by atoms with van der Waals surface area (Å²) in [6.07, 6.45) is 2.64. The first-order chi connectivity index (χ1) is 10.1. The number of pyridine rings is 1. The quantitative estimate of drug-likeness (QED) is 0.877. The second-order valence-corrected chi connectivity index (χ2v) is 4.86. The molecule has 2 rings (SSSR count). The fraction of sp³-hybridized carbons (Fsp3) is 0.312. The van der Waals surface area contributed by atoms with E-state index < -0.39 is 23.5 Å². The summed E-state index contributed by atoms with van der Waals surface area (Å²) in [5, 5.41) is 3.17. The van der Waals surface area contributed by atoms with E-state index in [2.05, 4.69) is 10.3 Å². The molecule has 0 fully saturated rings. The van der Waals surface area contributed by atoms with Crippen molar-refractivity contribution in [3.05, 3.63) is 65.2 Å². The lowest BCUT2D eigenvalue weighted by Gasteiger charge is -2.18. The number of rotatable bonds is 6. The molecule has 1 aromatic carbocycles. The molecule has 0 saturated carbocycles. The van der Waals surface area contributed by atoms with Crippen LogP contribution in [0.4, 0.5) is 13.2 Å². The summed E-state index contributed by atoms with van der Waals surface area (Å²) in [6.45, 7) is 2.65. The Morgan fingerprint density at radius 1 is 1.14 bits per heavy atom. The van der Waals surface area contributed by atoms with Gasteiger partial charge in [0.2, 0.25) is 0 Å². The second kappa shape index (κ2) is 7.22. The molecule has 112 valence electrons. The Labute approximate surface area is 122 Å². The summed E-state index contributed by atoms with van der Waals surface area (Å²) < 4.78 is 40.4. The normalized spacial score (nSPS) is 12.4. The SMILES string of the molecule is CCCNC(Cc1cc(F)cc(F)c1)c1ncccc1F. The van der Waals surface area contributed by atoms with Gasteiger partial charge in [0.05, 0.1) is 11.7 Å². The molecule has 0 radical (unpaired) electrons. The molecule has 0 aliphatic heterocycles. The molecule has 1 N–H and O–H groups in total. The van der Waals surface area contributed by atoms with E-state index in [0.29, 0.717) is 12.1 Å². The standard InChI is InChI=1S/C16H17F3N2/c1-2-5-20-15(16-14(19)4-3-6-21-16)9-11-7-12(17)10-13(18)8-11/h3-4,6-8,10,15,20H,2,5,9H2,1H3. The van der Waals surface area contributed by atoms with E-state index in [4.69, 9.17) is 0 Å². The zero-order valence-electron chi connectivity index (χ0n) is 11.7. The lowest BCUT2D eigenvalue weighted by atomic mass is 10.0. The van der Waals surface area contributed by atoms with Gasteiger partial charge in [0.15, 0.2) is 0 Å². The van der Waals surface area contributed by atoms with E-state index in [-0.39, 0.29) is 12.1 Å². The van der Waals surface area contributed by atoms with E-state index in [9.17, 15) is 13.2 Å². The summed E-state index contributed by atoms with van der Waals surface area (Å²) in [6, 6.07) is 5.74. The Hall–Kier alpha value is -1.88. The fourth-order valence-corrected chi connectivity index (χ4v) is 2.20. The summed E-state index contributed by atoms with van der Waals surface area (Å²) in [5.41, 5.74) is 0.724. The van der Waals surface area contributed by atoms with Gasteiger partial charge in [-0.25, -0.2) is 13.2 Å². The van der Waals surface area contributed by atoms with Gasteiger partial charge >= 0.3 is 0 Å². The highest BCUT2D eigenvalue weighted by atomic mass is 19.1. The van der Waals surface area contributed by atoms with Crippen molar-refractivity contribution in [2.75, 3.05) is 6.54 Å². The van der Waals surface area contributed by atoms with Gasteiger partial charge in [-0.1, -0.05) is 6.92 Å². The summed E-state index contributed by atoms with van der Waals surface area (Å²) >= 11 is 0. The lowest BCUT2D eigenvalue weighted by Crippen LogP contribution is -2.26. The minimum absolute atomic E-state index is 0.260. The van der Waals surface area contributed by atoms with Crippen LogP contribution in [0.3, 0.4) is 0 Å². The summed E-state index contributed by atoms with van der Waals surface area (Å²) in [7, 11) is 0. The third-order valence-electron chi connectivity index (χ3n) is 3.12. The average Bonchev–Trinajstić information content (AvgIpc) is 2.43. The molecular weight excluding hydrogens is 277 g/mol. The first-order valence-electron chi connectivity index (χ1n) is 6.89. The highest BCUT2D eigenvalue weighted by molar-refractivity contribution is 5.22. The molecule has 2 aromatic rings. The Kier molecular flexibility index (Phi) is 5.33. The van der Waals surface area contributed by atoms with Crippen LogP contribution in [0.15, 0.2) is 36.5 Å². The van der Waals surface area contributed by atoms with Gasteiger partial charge in [-0.3, -0.25) is 4.98 Å². The van der Waals surface area contributed by atoms with Gasteiger partial charge < -0.3 is 5.32 Å². The van der Waals surface area contributed by atoms with Crippen LogP contribution in [-0.2, 0) is 6.42 Å². The minimum atomic E-state index is -0.638. The number of nitrogens with zero attached hydrogens (tertiary/aromatic N) is 1. The highest BCUT2D eigenvalue weighted by Crippen LogP contribution is 2.20. The van der Waals surface area contributed by atoms with E-state index in [1.165, 1.54) is 30.5 Å². The third kappa shape index (κ3) is 4.29. The molecule has 0 saturated heterocycles. The third-order valence-corrected chi connectivity index (χ3v) is 3.12. The molecule has 0 spiro atoms. The maximum Gasteiger partial charge on any atom is 0.146 e. The van der Waals surface area contributed by atoms with Crippen LogP contribution < -0.4 is 5.32 Å². The topological polar surface area (TPSA) is 24.9 Å². The van der Waals surface area contributed by atoms with Crippen LogP contribution in [0.5, 0.6) is 0 Å². The second-order valence-electron chi connectivity index (χ2n) is 4.86. The van der Waals surface area contributed by atoms with Crippen molar-refractivity contribution in [3.63, 3.8) is 0 Å². The van der Waals surface area contributed by atoms with Crippen LogP contribution in [0.2, 0.25) is 0 Å². The molecule has 1 atom stereocenters. The molecule has 2 nitrogen and oxygen atoms in total. The number of benzene rings is 1. The van der Waals surface area contributed by atoms with Crippen molar-refractivity contribution in [2.24, 2.45) is 0 Å². The van der Waals surface area contributed by atoms with Crippen LogP contribution in [0, 0.1) is 17.5 Å². The maximum atomic E-state index is 13.9. The minimum Gasteiger partial charge on any atom is -0.308 e. The molecule has 1 heterocycles. The first kappa shape index (κ1) is 15.5. The highest BCUT2D eigenvalue weighted by Gasteiger charge is 2.17. The molecule has 0 amide bonds. The number of hydrogen-bond donors (Lipinski definition) is 1. The van der Waals surface area contributed by atoms with Crippen molar-refractivity contribution in [3.8, 4) is 0 Å². The number of halogens is 3.